The van der Waals surface area contributed by atoms with Crippen LogP contribution in [0.4, 0.5) is 11.5 Å². The van der Waals surface area contributed by atoms with Gasteiger partial charge in [0.05, 0.1) is 0 Å². The number of thiophene rings is 1. The van der Waals surface area contributed by atoms with E-state index >= 15 is 0 Å². The highest BCUT2D eigenvalue weighted by Gasteiger charge is 2.14. The number of anilines is 2. The van der Waals surface area contributed by atoms with E-state index in [1.807, 2.05) is 16.8 Å². The third-order valence-electron chi connectivity index (χ3n) is 4.07. The maximum atomic E-state index is 11.4. The Hall–Kier alpha value is -2.77. The van der Waals surface area contributed by atoms with E-state index in [-0.39, 0.29) is 0 Å². The molecule has 3 aromatic rings. The Bertz CT molecular complexity index is 893. The Morgan fingerprint density at radius 1 is 1.12 bits per heavy atom. The molecular formula is C19H20N4O2S. The van der Waals surface area contributed by atoms with E-state index < -0.39 is 5.91 Å². The van der Waals surface area contributed by atoms with E-state index in [4.69, 9.17) is 15.2 Å². The summed E-state index contributed by atoms with van der Waals surface area (Å²) in [6.07, 6.45) is 1.65. The summed E-state index contributed by atoms with van der Waals surface area (Å²) in [5, 5.41) is 16.1. The molecule has 7 heteroatoms. The van der Waals surface area contributed by atoms with Crippen molar-refractivity contribution in [1.82, 2.24) is 15.4 Å². The van der Waals surface area contributed by atoms with Crippen LogP contribution in [0.3, 0.4) is 0 Å². The second-order valence-corrected chi connectivity index (χ2v) is 6.46. The van der Waals surface area contributed by atoms with E-state index in [0.29, 0.717) is 11.4 Å². The molecule has 0 spiro atoms. The Morgan fingerprint density at radius 3 is 2.46 bits per heavy atom. The minimum absolute atomic E-state index is 0.379. The van der Waals surface area contributed by atoms with Crippen molar-refractivity contribution in [1.29, 1.82) is 0 Å². The van der Waals surface area contributed by atoms with Gasteiger partial charge in [-0.3, -0.25) is 10.0 Å². The molecule has 2 aromatic heterocycles. The van der Waals surface area contributed by atoms with Gasteiger partial charge in [0.25, 0.3) is 5.91 Å². The molecule has 26 heavy (non-hydrogen) atoms. The summed E-state index contributed by atoms with van der Waals surface area (Å²) < 4.78 is 0. The Kier molecular flexibility index (Phi) is 5.60. The number of hydrogen-bond donors (Lipinski definition) is 3. The second-order valence-electron chi connectivity index (χ2n) is 5.68. The van der Waals surface area contributed by atoms with Gasteiger partial charge in [0, 0.05) is 33.5 Å². The molecule has 0 saturated carbocycles. The lowest BCUT2D eigenvalue weighted by Gasteiger charge is -2.15. The van der Waals surface area contributed by atoms with Crippen molar-refractivity contribution in [3.05, 3.63) is 57.9 Å². The van der Waals surface area contributed by atoms with E-state index in [1.54, 1.807) is 41.1 Å². The first kappa shape index (κ1) is 18.0. The van der Waals surface area contributed by atoms with E-state index in [1.165, 1.54) is 0 Å². The SMILES string of the molecule is CCc1nc(-c2ccsc2)nc(Nc2ccc(C(=O)NO)cc2)c1CC. The molecule has 0 fully saturated rings. The average Bonchev–Trinajstić information content (AvgIpc) is 3.22. The van der Waals surface area contributed by atoms with Crippen molar-refractivity contribution < 1.29 is 10.0 Å². The van der Waals surface area contributed by atoms with Crippen molar-refractivity contribution in [3.8, 4) is 11.4 Å². The van der Waals surface area contributed by atoms with Crippen LogP contribution in [0.15, 0.2) is 41.1 Å². The van der Waals surface area contributed by atoms with Crippen LogP contribution >= 0.6 is 11.3 Å². The van der Waals surface area contributed by atoms with Crippen LogP contribution in [0.1, 0.15) is 35.5 Å². The first-order valence-electron chi connectivity index (χ1n) is 8.40. The number of carbonyl (C=O) groups excluding carboxylic acids is 1. The van der Waals surface area contributed by atoms with Gasteiger partial charge >= 0.3 is 0 Å². The summed E-state index contributed by atoms with van der Waals surface area (Å²) in [5.74, 6) is 0.944. The summed E-state index contributed by atoms with van der Waals surface area (Å²) in [6, 6.07) is 8.85. The quantitative estimate of drug-likeness (QED) is 0.448. The smallest absolute Gasteiger partial charge is 0.274 e. The summed E-state index contributed by atoms with van der Waals surface area (Å²) >= 11 is 1.62. The van der Waals surface area contributed by atoms with E-state index in [0.717, 1.165) is 41.2 Å². The van der Waals surface area contributed by atoms with Crippen LogP contribution in [0, 0.1) is 0 Å². The lowest BCUT2D eigenvalue weighted by atomic mass is 10.1. The fourth-order valence-electron chi connectivity index (χ4n) is 2.72. The maximum Gasteiger partial charge on any atom is 0.274 e. The van der Waals surface area contributed by atoms with Gasteiger partial charge in [-0.05, 0) is 48.6 Å². The van der Waals surface area contributed by atoms with Gasteiger partial charge in [-0.2, -0.15) is 11.3 Å². The van der Waals surface area contributed by atoms with Gasteiger partial charge < -0.3 is 5.32 Å². The van der Waals surface area contributed by atoms with Crippen molar-refractivity contribution in [2.24, 2.45) is 0 Å². The predicted octanol–water partition coefficient (Wildman–Crippen LogP) is 4.19. The van der Waals surface area contributed by atoms with Gasteiger partial charge in [-0.15, -0.1) is 0 Å². The first-order chi connectivity index (χ1) is 12.7. The molecule has 0 aliphatic carbocycles. The zero-order valence-electron chi connectivity index (χ0n) is 14.6. The topological polar surface area (TPSA) is 87.1 Å². The van der Waals surface area contributed by atoms with Gasteiger partial charge in [-0.1, -0.05) is 13.8 Å². The van der Waals surface area contributed by atoms with E-state index in [2.05, 4.69) is 19.2 Å². The predicted molar refractivity (Wildman–Crippen MR) is 103 cm³/mol. The highest BCUT2D eigenvalue weighted by molar-refractivity contribution is 7.08. The molecule has 2 heterocycles. The molecule has 0 saturated heterocycles. The summed E-state index contributed by atoms with van der Waals surface area (Å²) in [6.45, 7) is 4.17. The molecule has 0 bridgehead atoms. The number of nitrogens with one attached hydrogen (secondary N) is 2. The molecule has 0 radical (unpaired) electrons. The molecule has 1 aromatic carbocycles. The summed E-state index contributed by atoms with van der Waals surface area (Å²) in [5.41, 5.74) is 5.94. The number of hydrogen-bond acceptors (Lipinski definition) is 6. The van der Waals surface area contributed by atoms with Crippen LogP contribution in [0.2, 0.25) is 0 Å². The zero-order valence-corrected chi connectivity index (χ0v) is 15.4. The molecule has 3 rings (SSSR count). The molecule has 0 unspecified atom stereocenters. The molecule has 0 aliphatic heterocycles. The van der Waals surface area contributed by atoms with Crippen LogP contribution in [-0.2, 0) is 12.8 Å². The number of carbonyl (C=O) groups is 1. The lowest BCUT2D eigenvalue weighted by Crippen LogP contribution is -2.18. The highest BCUT2D eigenvalue weighted by Crippen LogP contribution is 2.27. The monoisotopic (exact) mass is 368 g/mol. The standard InChI is InChI=1S/C19H20N4O2S/c1-3-15-16(4-2)21-17(13-9-10-26-11-13)22-18(15)20-14-7-5-12(6-8-14)19(24)23-25/h5-11,25H,3-4H2,1-2H3,(H,23,24)(H,20,21,22). The van der Waals surface area contributed by atoms with Crippen LogP contribution in [0.5, 0.6) is 0 Å². The lowest BCUT2D eigenvalue weighted by molar-refractivity contribution is 0.0706. The Balaban J connectivity index is 1.97. The number of nitrogens with zero attached hydrogens (tertiary/aromatic N) is 2. The molecule has 0 aliphatic rings. The molecule has 134 valence electrons. The molecule has 0 atom stereocenters. The van der Waals surface area contributed by atoms with Gasteiger partial charge in [0.2, 0.25) is 0 Å². The number of aryl methyl sites for hydroxylation is 1. The number of aromatic nitrogens is 2. The minimum atomic E-state index is -0.541. The van der Waals surface area contributed by atoms with Crippen LogP contribution in [-0.4, -0.2) is 21.1 Å². The van der Waals surface area contributed by atoms with Crippen molar-refractivity contribution in [2.75, 3.05) is 5.32 Å². The molecular weight excluding hydrogens is 348 g/mol. The number of rotatable bonds is 6. The fraction of sp³-hybridized carbons (Fsp3) is 0.211. The largest absolute Gasteiger partial charge is 0.340 e. The van der Waals surface area contributed by atoms with E-state index in [9.17, 15) is 4.79 Å². The molecule has 1 amide bonds. The Labute approximate surface area is 155 Å². The van der Waals surface area contributed by atoms with Gasteiger partial charge in [0.1, 0.15) is 5.82 Å². The first-order valence-corrected chi connectivity index (χ1v) is 9.34. The highest BCUT2D eigenvalue weighted by atomic mass is 32.1. The van der Waals surface area contributed by atoms with Crippen molar-refractivity contribution in [2.45, 2.75) is 26.7 Å². The number of hydroxylamine groups is 1. The summed E-state index contributed by atoms with van der Waals surface area (Å²) in [4.78, 5) is 20.9. The second kappa shape index (κ2) is 8.07. The van der Waals surface area contributed by atoms with Crippen molar-refractivity contribution in [3.63, 3.8) is 0 Å². The fourth-order valence-corrected chi connectivity index (χ4v) is 3.36. The van der Waals surface area contributed by atoms with Gasteiger partial charge in [0.15, 0.2) is 5.82 Å². The third-order valence-corrected chi connectivity index (χ3v) is 4.76. The third kappa shape index (κ3) is 3.74. The van der Waals surface area contributed by atoms with Crippen molar-refractivity contribution >= 4 is 28.7 Å². The number of amides is 1. The molecule has 3 N–H and O–H groups in total. The average molecular weight is 368 g/mol. The number of benzene rings is 1. The summed E-state index contributed by atoms with van der Waals surface area (Å²) in [7, 11) is 0. The van der Waals surface area contributed by atoms with Gasteiger partial charge in [-0.25, -0.2) is 15.4 Å². The minimum Gasteiger partial charge on any atom is -0.340 e. The maximum absolute atomic E-state index is 11.4. The van der Waals surface area contributed by atoms with Crippen LogP contribution in [0.25, 0.3) is 11.4 Å². The normalized spacial score (nSPS) is 10.6. The molecule has 6 nitrogen and oxygen atoms in total. The zero-order chi connectivity index (χ0) is 18.5. The van der Waals surface area contributed by atoms with Crippen LogP contribution < -0.4 is 10.8 Å². The Morgan fingerprint density at radius 2 is 1.88 bits per heavy atom.